The quantitative estimate of drug-likeness (QED) is 0.394. The number of methoxy groups -OCH3 is 1. The van der Waals surface area contributed by atoms with Crippen molar-refractivity contribution in [1.82, 2.24) is 0 Å². The molecule has 30 heavy (non-hydrogen) atoms. The van der Waals surface area contributed by atoms with E-state index in [1.54, 1.807) is 18.2 Å². The molecule has 3 aromatic rings. The van der Waals surface area contributed by atoms with E-state index in [0.717, 1.165) is 10.0 Å². The van der Waals surface area contributed by atoms with Gasteiger partial charge in [0.25, 0.3) is 0 Å². The third-order valence-electron chi connectivity index (χ3n) is 4.37. The Morgan fingerprint density at radius 2 is 1.93 bits per heavy atom. The molecule has 3 rings (SSSR count). The molecule has 0 fully saturated rings. The van der Waals surface area contributed by atoms with Gasteiger partial charge >= 0.3 is 5.97 Å². The summed E-state index contributed by atoms with van der Waals surface area (Å²) < 4.78 is 26.0. The van der Waals surface area contributed by atoms with Crippen LogP contribution in [0.3, 0.4) is 0 Å². The van der Waals surface area contributed by atoms with Gasteiger partial charge in [0, 0.05) is 22.1 Å². The first-order valence-electron chi connectivity index (χ1n) is 8.88. The number of aromatic carboxylic acids is 1. The Kier molecular flexibility index (Phi) is 7.18. The molecule has 5 nitrogen and oxygen atoms in total. The Balaban J connectivity index is 1.81. The van der Waals surface area contributed by atoms with E-state index in [9.17, 15) is 14.3 Å². The number of rotatable bonds is 8. The molecular formula is C22H18BrClFNO4. The third-order valence-corrected chi connectivity index (χ3v) is 5.22. The van der Waals surface area contributed by atoms with Crippen LogP contribution in [0.2, 0.25) is 5.02 Å². The number of hydrogen-bond donors (Lipinski definition) is 2. The molecule has 8 heteroatoms. The Labute approximate surface area is 186 Å². The zero-order valence-electron chi connectivity index (χ0n) is 15.9. The van der Waals surface area contributed by atoms with Gasteiger partial charge in [-0.05, 0) is 48.5 Å². The van der Waals surface area contributed by atoms with Crippen LogP contribution in [0.25, 0.3) is 0 Å². The first-order chi connectivity index (χ1) is 14.4. The van der Waals surface area contributed by atoms with Crippen molar-refractivity contribution < 1.29 is 23.8 Å². The fourth-order valence-corrected chi connectivity index (χ4v) is 3.44. The zero-order valence-corrected chi connectivity index (χ0v) is 18.3. The number of carboxylic acid groups (broad SMARTS) is 1. The summed E-state index contributed by atoms with van der Waals surface area (Å²) in [5, 5.41) is 12.7. The van der Waals surface area contributed by atoms with Crippen LogP contribution >= 0.6 is 27.5 Å². The molecule has 0 aliphatic carbocycles. The number of ether oxygens (including phenoxy) is 2. The molecule has 0 amide bonds. The van der Waals surface area contributed by atoms with Gasteiger partial charge in [0.2, 0.25) is 0 Å². The van der Waals surface area contributed by atoms with Crippen LogP contribution in [0.15, 0.2) is 59.1 Å². The minimum Gasteiger partial charge on any atom is -0.495 e. The first kappa shape index (κ1) is 21.9. The summed E-state index contributed by atoms with van der Waals surface area (Å²) >= 11 is 9.51. The second-order valence-corrected chi connectivity index (χ2v) is 7.64. The number of halogens is 3. The van der Waals surface area contributed by atoms with Crippen molar-refractivity contribution in [2.75, 3.05) is 12.4 Å². The highest BCUT2D eigenvalue weighted by Crippen LogP contribution is 2.30. The lowest BCUT2D eigenvalue weighted by Gasteiger charge is -2.16. The number of nitrogens with one attached hydrogen (secondary N) is 1. The van der Waals surface area contributed by atoms with Crippen molar-refractivity contribution in [2.24, 2.45) is 0 Å². The highest BCUT2D eigenvalue weighted by molar-refractivity contribution is 9.10. The molecule has 0 saturated carbocycles. The highest BCUT2D eigenvalue weighted by Gasteiger charge is 2.13. The molecule has 0 saturated heterocycles. The SMILES string of the molecule is COc1ccc(C(=O)O)cc1NCc1cc(Br)ccc1OCc1c(F)cccc1Cl. The average molecular weight is 495 g/mol. The summed E-state index contributed by atoms with van der Waals surface area (Å²) in [4.78, 5) is 11.3. The molecule has 0 atom stereocenters. The van der Waals surface area contributed by atoms with E-state index in [-0.39, 0.29) is 17.7 Å². The lowest BCUT2D eigenvalue weighted by Crippen LogP contribution is -2.07. The Hall–Kier alpha value is -2.77. The molecule has 156 valence electrons. The fraction of sp³-hybridized carbons (Fsp3) is 0.136. The summed E-state index contributed by atoms with van der Waals surface area (Å²) in [5.41, 5.74) is 1.72. The van der Waals surface area contributed by atoms with Gasteiger partial charge in [-0.25, -0.2) is 9.18 Å². The van der Waals surface area contributed by atoms with Crippen molar-refractivity contribution in [3.05, 3.63) is 86.6 Å². The van der Waals surface area contributed by atoms with Gasteiger partial charge < -0.3 is 19.9 Å². The maximum Gasteiger partial charge on any atom is 0.335 e. The topological polar surface area (TPSA) is 67.8 Å². The van der Waals surface area contributed by atoms with Crippen LogP contribution in [0.4, 0.5) is 10.1 Å². The Morgan fingerprint density at radius 1 is 1.17 bits per heavy atom. The average Bonchev–Trinajstić information content (AvgIpc) is 2.72. The van der Waals surface area contributed by atoms with E-state index in [1.165, 1.54) is 31.4 Å². The maximum atomic E-state index is 14.0. The van der Waals surface area contributed by atoms with Crippen molar-refractivity contribution >= 4 is 39.2 Å². The van der Waals surface area contributed by atoms with Gasteiger partial charge in [-0.2, -0.15) is 0 Å². The number of hydrogen-bond acceptors (Lipinski definition) is 4. The van der Waals surface area contributed by atoms with Gasteiger partial charge in [-0.15, -0.1) is 0 Å². The predicted octanol–water partition coefficient (Wildman–Crippen LogP) is 6.14. The summed E-state index contributed by atoms with van der Waals surface area (Å²) in [6.45, 7) is 0.289. The van der Waals surface area contributed by atoms with Crippen molar-refractivity contribution in [2.45, 2.75) is 13.2 Å². The smallest absolute Gasteiger partial charge is 0.335 e. The lowest BCUT2D eigenvalue weighted by atomic mass is 10.1. The van der Waals surface area contributed by atoms with E-state index >= 15 is 0 Å². The standard InChI is InChI=1S/C22H18BrClFNO4/c1-29-21-7-5-13(22(27)28)10-19(21)26-11-14-9-15(23)6-8-20(14)30-12-16-17(24)3-2-4-18(16)25/h2-10,26H,11-12H2,1H3,(H,27,28). The summed E-state index contributed by atoms with van der Waals surface area (Å²) in [7, 11) is 1.51. The van der Waals surface area contributed by atoms with Crippen LogP contribution in [-0.2, 0) is 13.2 Å². The number of carbonyl (C=O) groups is 1. The Morgan fingerprint density at radius 3 is 2.63 bits per heavy atom. The molecule has 3 aromatic carbocycles. The number of benzene rings is 3. The molecular weight excluding hydrogens is 477 g/mol. The van der Waals surface area contributed by atoms with Crippen LogP contribution in [0, 0.1) is 5.82 Å². The van der Waals surface area contributed by atoms with E-state index in [0.29, 0.717) is 28.8 Å². The largest absolute Gasteiger partial charge is 0.495 e. The molecule has 0 spiro atoms. The normalized spacial score (nSPS) is 10.5. The molecule has 0 heterocycles. The van der Waals surface area contributed by atoms with E-state index in [4.69, 9.17) is 21.1 Å². The zero-order chi connectivity index (χ0) is 21.7. The van der Waals surface area contributed by atoms with Crippen LogP contribution < -0.4 is 14.8 Å². The predicted molar refractivity (Wildman–Crippen MR) is 117 cm³/mol. The second kappa shape index (κ2) is 9.82. The summed E-state index contributed by atoms with van der Waals surface area (Å²) in [6, 6.07) is 14.5. The fourth-order valence-electron chi connectivity index (χ4n) is 2.82. The van der Waals surface area contributed by atoms with Crippen LogP contribution in [-0.4, -0.2) is 18.2 Å². The van der Waals surface area contributed by atoms with E-state index in [2.05, 4.69) is 21.2 Å². The van der Waals surface area contributed by atoms with Gasteiger partial charge in [0.1, 0.15) is 23.9 Å². The van der Waals surface area contributed by atoms with Crippen LogP contribution in [0.5, 0.6) is 11.5 Å². The first-order valence-corrected chi connectivity index (χ1v) is 10.1. The summed E-state index contributed by atoms with van der Waals surface area (Å²) in [5.74, 6) is -0.419. The minimum atomic E-state index is -1.03. The number of carboxylic acids is 1. The van der Waals surface area contributed by atoms with Gasteiger partial charge in [0.15, 0.2) is 0 Å². The maximum absolute atomic E-state index is 14.0. The molecule has 0 aliphatic heterocycles. The highest BCUT2D eigenvalue weighted by atomic mass is 79.9. The monoisotopic (exact) mass is 493 g/mol. The molecule has 0 aromatic heterocycles. The molecule has 0 bridgehead atoms. The molecule has 0 unspecified atom stereocenters. The minimum absolute atomic E-state index is 0.0298. The van der Waals surface area contributed by atoms with Crippen molar-refractivity contribution in [3.63, 3.8) is 0 Å². The van der Waals surface area contributed by atoms with Crippen molar-refractivity contribution in [3.8, 4) is 11.5 Å². The van der Waals surface area contributed by atoms with Crippen molar-refractivity contribution in [1.29, 1.82) is 0 Å². The second-order valence-electron chi connectivity index (χ2n) is 6.31. The Bertz CT molecular complexity index is 1060. The number of anilines is 1. The lowest BCUT2D eigenvalue weighted by molar-refractivity contribution is 0.0697. The third kappa shape index (κ3) is 5.23. The molecule has 0 aliphatic rings. The van der Waals surface area contributed by atoms with Gasteiger partial charge in [0.05, 0.1) is 23.4 Å². The van der Waals surface area contributed by atoms with E-state index in [1.807, 2.05) is 12.1 Å². The summed E-state index contributed by atoms with van der Waals surface area (Å²) in [6.07, 6.45) is 0. The van der Waals surface area contributed by atoms with Gasteiger partial charge in [-0.1, -0.05) is 33.6 Å². The molecule has 0 radical (unpaired) electrons. The van der Waals surface area contributed by atoms with E-state index < -0.39 is 11.8 Å². The van der Waals surface area contributed by atoms with Gasteiger partial charge in [-0.3, -0.25) is 0 Å². The van der Waals surface area contributed by atoms with Crippen LogP contribution in [0.1, 0.15) is 21.5 Å². The molecule has 2 N–H and O–H groups in total.